The number of nitrogens with two attached hydrogens (primary N) is 3. The molecule has 0 saturated carbocycles. The van der Waals surface area contributed by atoms with Gasteiger partial charge in [-0.3, -0.25) is 19.2 Å². The number of carbonyl (C=O) groups is 4. The lowest BCUT2D eigenvalue weighted by molar-refractivity contribution is -0.127. The normalized spacial score (nSPS) is 17.8. The van der Waals surface area contributed by atoms with Crippen LogP contribution in [0.15, 0.2) is 170 Å². The molecular weight excluding hydrogens is 1160 g/mol. The van der Waals surface area contributed by atoms with Crippen molar-refractivity contribution in [3.63, 3.8) is 0 Å². The predicted octanol–water partition coefficient (Wildman–Crippen LogP) is 12.6. The summed E-state index contributed by atoms with van der Waals surface area (Å²) >= 11 is 0. The Hall–Kier alpha value is -9.14. The molecule has 6 heterocycles. The first-order valence-electron chi connectivity index (χ1n) is 33.1. The fraction of sp³-hybridized carbons (Fsp3) is 0.325. The van der Waals surface area contributed by atoms with Gasteiger partial charge in [0.2, 0.25) is 5.91 Å². The largest absolute Gasteiger partial charge is 0.492 e. The van der Waals surface area contributed by atoms with Crippen LogP contribution in [0.25, 0.3) is 28.3 Å². The zero-order valence-electron chi connectivity index (χ0n) is 53.6. The monoisotopic (exact) mass is 1240 g/mol. The van der Waals surface area contributed by atoms with Crippen molar-refractivity contribution < 1.29 is 33.4 Å². The summed E-state index contributed by atoms with van der Waals surface area (Å²) in [5.41, 5.74) is 36.5. The summed E-state index contributed by atoms with van der Waals surface area (Å²) in [6.45, 7) is 14.5. The van der Waals surface area contributed by atoms with Gasteiger partial charge in [-0.2, -0.15) is 0 Å². The van der Waals surface area contributed by atoms with Crippen molar-refractivity contribution in [3.8, 4) is 39.5 Å². The summed E-state index contributed by atoms with van der Waals surface area (Å²) in [6, 6.07) is 55.0. The first-order valence-corrected chi connectivity index (χ1v) is 33.1. The maximum Gasteiger partial charge on any atom is 0.254 e. The molecule has 0 bridgehead atoms. The third-order valence-electron chi connectivity index (χ3n) is 21.4. The van der Waals surface area contributed by atoms with Crippen LogP contribution in [-0.4, -0.2) is 97.3 Å². The van der Waals surface area contributed by atoms with Gasteiger partial charge in [0, 0.05) is 115 Å². The number of piperidine rings is 3. The standard InChI is InChI=1S/C27H24N2O3.C27H26N2O2.C26H32N2O2/c28-15-17-8-9-23-22(14-17)27(16-32-23)10-12-29(13-11-27)26(31)21-7-3-6-19-18-4-1-2-5-20(18)25(30)24(19)21;28-16-18-8-9-25-24(14-18)27(17-31-25)10-12-29(13-11-27)26(30)22-7-3-6-21-20-5-2-1-4-19(20)15-23(21)22;1-25(2,3)21-8-4-19(5-9-21)7-11-24(29)28-14-12-26(13-15-28)18-30-23-10-6-20(17-27)16-22(23)26/h1-9,14H,10-13,15-16,28H2;1-9,14H,10-13,15-17,28H2;4-11,16H,12-15,17-18,27H2,1-3H3/b;;11-7+. The lowest BCUT2D eigenvalue weighted by Gasteiger charge is -2.39. The second-order valence-corrected chi connectivity index (χ2v) is 27.7. The predicted molar refractivity (Wildman–Crippen MR) is 365 cm³/mol. The van der Waals surface area contributed by atoms with Gasteiger partial charge in [0.05, 0.1) is 25.4 Å². The third kappa shape index (κ3) is 11.3. The molecule has 0 radical (unpaired) electrons. The number of benzene rings is 8. The van der Waals surface area contributed by atoms with Crippen LogP contribution in [-0.2, 0) is 52.5 Å². The summed E-state index contributed by atoms with van der Waals surface area (Å²) in [4.78, 5) is 58.8. The average molecular weight is 1240 g/mol. The van der Waals surface area contributed by atoms with Crippen LogP contribution in [0, 0.1) is 0 Å². The van der Waals surface area contributed by atoms with Crippen molar-refractivity contribution in [2.45, 2.75) is 107 Å². The molecule has 8 aromatic rings. The fourth-order valence-corrected chi connectivity index (χ4v) is 15.6. The van der Waals surface area contributed by atoms with Crippen molar-refractivity contribution in [1.29, 1.82) is 0 Å². The van der Waals surface area contributed by atoms with E-state index in [0.29, 0.717) is 69.2 Å². The Labute approximate surface area is 545 Å². The third-order valence-corrected chi connectivity index (χ3v) is 21.4. The van der Waals surface area contributed by atoms with Gasteiger partial charge in [-0.05, 0) is 148 Å². The summed E-state index contributed by atoms with van der Waals surface area (Å²) < 4.78 is 18.0. The van der Waals surface area contributed by atoms with Crippen LogP contribution in [0.5, 0.6) is 17.2 Å². The highest BCUT2D eigenvalue weighted by atomic mass is 16.5. The molecule has 3 fully saturated rings. The number of fused-ring (bicyclic) bond motifs is 12. The summed E-state index contributed by atoms with van der Waals surface area (Å²) in [6.07, 6.45) is 9.84. The van der Waals surface area contributed by atoms with E-state index < -0.39 is 0 Å². The number of likely N-dealkylation sites (tertiary alicyclic amines) is 3. The number of amides is 3. The van der Waals surface area contributed by atoms with Gasteiger partial charge in [-0.25, -0.2) is 0 Å². The summed E-state index contributed by atoms with van der Waals surface area (Å²) in [7, 11) is 0. The van der Waals surface area contributed by atoms with E-state index in [1.165, 1.54) is 44.5 Å². The Morgan fingerprint density at radius 3 is 1.40 bits per heavy atom. The van der Waals surface area contributed by atoms with Crippen molar-refractivity contribution in [3.05, 3.63) is 248 Å². The molecule has 2 aliphatic carbocycles. The van der Waals surface area contributed by atoms with E-state index in [1.807, 2.05) is 99.6 Å². The fourth-order valence-electron chi connectivity index (χ4n) is 15.6. The molecule has 0 unspecified atom stereocenters. The molecule has 16 rings (SSSR count). The van der Waals surface area contributed by atoms with E-state index in [9.17, 15) is 19.2 Å². The number of ether oxygens (including phenoxy) is 3. The SMILES string of the molecule is CC(C)(C)c1ccc(/C=C/C(=O)N2CCC3(CC2)COc2ccc(CN)cc23)cc1.NCc1ccc2c(c1)C1(CCN(C(=O)c3cccc4c3C(=O)c3ccccc3-4)CC1)CO2.NCc1ccc2c(c1)C1(CCN(C(=O)c3cccc4c3Cc3ccccc3-4)CC1)CO2. The molecule has 3 spiro atoms. The van der Waals surface area contributed by atoms with Gasteiger partial charge in [0.15, 0.2) is 5.78 Å². The molecule has 6 aliphatic heterocycles. The van der Waals surface area contributed by atoms with Gasteiger partial charge in [0.1, 0.15) is 17.2 Å². The minimum atomic E-state index is -0.0675. The van der Waals surface area contributed by atoms with Crippen molar-refractivity contribution in [2.24, 2.45) is 17.2 Å². The second kappa shape index (κ2) is 24.7. The lowest BCUT2D eigenvalue weighted by atomic mass is 9.74. The number of hydrogen-bond donors (Lipinski definition) is 3. The van der Waals surface area contributed by atoms with Crippen LogP contribution in [0.1, 0.15) is 152 Å². The first-order chi connectivity index (χ1) is 45.1. The Morgan fingerprint density at radius 2 is 0.903 bits per heavy atom. The molecule has 8 aromatic carbocycles. The Balaban J connectivity index is 0.000000121. The molecule has 474 valence electrons. The molecule has 6 N–H and O–H groups in total. The zero-order chi connectivity index (χ0) is 64.2. The highest BCUT2D eigenvalue weighted by molar-refractivity contribution is 6.25. The molecular formula is C80H82N6O7. The number of nitrogens with zero attached hydrogens (tertiary/aromatic N) is 3. The maximum absolute atomic E-state index is 13.5. The number of hydrogen-bond acceptors (Lipinski definition) is 10. The number of carbonyl (C=O) groups excluding carboxylic acids is 4. The van der Waals surface area contributed by atoms with E-state index in [0.717, 1.165) is 127 Å². The topological polar surface area (TPSA) is 184 Å². The molecule has 3 saturated heterocycles. The molecule has 8 aliphatic rings. The highest BCUT2D eigenvalue weighted by Crippen LogP contribution is 2.50. The molecule has 0 aromatic heterocycles. The van der Waals surface area contributed by atoms with Crippen molar-refractivity contribution in [2.75, 3.05) is 59.1 Å². The Bertz CT molecular complexity index is 4270. The first kappa shape index (κ1) is 61.4. The van der Waals surface area contributed by atoms with Crippen LogP contribution < -0.4 is 31.4 Å². The molecule has 13 nitrogen and oxygen atoms in total. The maximum atomic E-state index is 13.5. The molecule has 0 atom stereocenters. The summed E-state index contributed by atoms with van der Waals surface area (Å²) in [5, 5.41) is 0. The summed E-state index contributed by atoms with van der Waals surface area (Å²) in [5.74, 6) is 3.02. The van der Waals surface area contributed by atoms with Gasteiger partial charge in [-0.15, -0.1) is 0 Å². The van der Waals surface area contributed by atoms with Crippen LogP contribution >= 0.6 is 0 Å². The van der Waals surface area contributed by atoms with Gasteiger partial charge >= 0.3 is 0 Å². The zero-order valence-corrected chi connectivity index (χ0v) is 53.6. The quantitative estimate of drug-likeness (QED) is 0.130. The van der Waals surface area contributed by atoms with Crippen LogP contribution in [0.2, 0.25) is 0 Å². The highest BCUT2D eigenvalue weighted by Gasteiger charge is 2.47. The second-order valence-electron chi connectivity index (χ2n) is 27.7. The van der Waals surface area contributed by atoms with E-state index in [4.69, 9.17) is 31.4 Å². The van der Waals surface area contributed by atoms with Gasteiger partial charge in [0.25, 0.3) is 11.8 Å². The minimum Gasteiger partial charge on any atom is -0.492 e. The van der Waals surface area contributed by atoms with Gasteiger partial charge < -0.3 is 46.1 Å². The Morgan fingerprint density at radius 1 is 0.473 bits per heavy atom. The number of rotatable bonds is 7. The van der Waals surface area contributed by atoms with E-state index in [-0.39, 0.29) is 45.2 Å². The Kier molecular flexibility index (Phi) is 16.3. The van der Waals surface area contributed by atoms with E-state index in [2.05, 4.69) is 99.6 Å². The van der Waals surface area contributed by atoms with Crippen LogP contribution in [0.3, 0.4) is 0 Å². The molecule has 3 amide bonds. The van der Waals surface area contributed by atoms with Crippen molar-refractivity contribution in [1.82, 2.24) is 14.7 Å². The smallest absolute Gasteiger partial charge is 0.254 e. The average Bonchev–Trinajstić information content (AvgIpc) is 1.76. The molecule has 13 heteroatoms. The van der Waals surface area contributed by atoms with Crippen molar-refractivity contribution >= 4 is 29.6 Å². The lowest BCUT2D eigenvalue weighted by Crippen LogP contribution is -2.46. The van der Waals surface area contributed by atoms with Gasteiger partial charge in [-0.1, -0.05) is 154 Å². The van der Waals surface area contributed by atoms with Crippen LogP contribution in [0.4, 0.5) is 0 Å². The number of ketones is 1. The minimum absolute atomic E-state index is 0.00612. The van der Waals surface area contributed by atoms with E-state index >= 15 is 0 Å². The van der Waals surface area contributed by atoms with E-state index in [1.54, 1.807) is 12.1 Å². The molecule has 93 heavy (non-hydrogen) atoms.